The molecule has 12 atom stereocenters. The molecule has 544 valence electrons. The van der Waals surface area contributed by atoms with Crippen LogP contribution in [0.2, 0.25) is 0 Å². The van der Waals surface area contributed by atoms with Gasteiger partial charge in [-0.3, -0.25) is 4.79 Å². The van der Waals surface area contributed by atoms with Gasteiger partial charge in [-0.1, -0.05) is 302 Å². The summed E-state index contributed by atoms with van der Waals surface area (Å²) in [6.07, 6.45) is 77.9. The molecule has 2 aliphatic rings. The summed E-state index contributed by atoms with van der Waals surface area (Å²) in [6, 6.07) is -0.950. The van der Waals surface area contributed by atoms with Gasteiger partial charge >= 0.3 is 0 Å². The van der Waals surface area contributed by atoms with Crippen LogP contribution >= 0.6 is 0 Å². The van der Waals surface area contributed by atoms with E-state index in [1.54, 1.807) is 6.08 Å². The fourth-order valence-electron chi connectivity index (χ4n) is 11.6. The highest BCUT2D eigenvalue weighted by Crippen LogP contribution is 2.30. The average Bonchev–Trinajstić information content (AvgIpc) is 0.800. The number of aliphatic hydroxyl groups excluding tert-OH is 8. The number of hydrogen-bond donors (Lipinski definition) is 9. The van der Waals surface area contributed by atoms with Crippen molar-refractivity contribution in [1.82, 2.24) is 5.32 Å². The number of allylic oxidation sites excluding steroid dienone is 21. The fraction of sp³-hybridized carbons (Fsp3) is 0.716. The van der Waals surface area contributed by atoms with Gasteiger partial charge in [0.2, 0.25) is 5.91 Å². The van der Waals surface area contributed by atoms with E-state index < -0.39 is 86.8 Å². The molecule has 2 rings (SSSR count). The highest BCUT2D eigenvalue weighted by Gasteiger charge is 2.51. The molecular weight excluding hydrogens is 1190 g/mol. The van der Waals surface area contributed by atoms with Gasteiger partial charge in [-0.05, 0) is 103 Å². The maximum absolute atomic E-state index is 13.4. The van der Waals surface area contributed by atoms with Crippen molar-refractivity contribution in [3.8, 4) is 0 Å². The molecule has 2 saturated heterocycles. The number of carbonyl (C=O) groups is 1. The van der Waals surface area contributed by atoms with Gasteiger partial charge in [0.05, 0.1) is 32.0 Å². The zero-order valence-electron chi connectivity index (χ0n) is 59.4. The summed E-state index contributed by atoms with van der Waals surface area (Å²) in [6.45, 7) is 2.68. The lowest BCUT2D eigenvalue weighted by Crippen LogP contribution is -2.65. The monoisotopic (exact) mass is 1330 g/mol. The molecule has 0 radical (unpaired) electrons. The molecule has 0 aromatic rings. The predicted octanol–water partition coefficient (Wildman–Crippen LogP) is 16.6. The summed E-state index contributed by atoms with van der Waals surface area (Å²) in [5.41, 5.74) is 0. The molecular formula is C81H137NO13. The molecule has 2 fully saturated rings. The summed E-state index contributed by atoms with van der Waals surface area (Å²) in [5, 5.41) is 87.6. The first kappa shape index (κ1) is 87.2. The molecule has 9 N–H and O–H groups in total. The Balaban J connectivity index is 1.68. The lowest BCUT2D eigenvalue weighted by atomic mass is 9.97. The largest absolute Gasteiger partial charge is 0.394 e. The molecule has 0 aromatic heterocycles. The van der Waals surface area contributed by atoms with E-state index in [0.29, 0.717) is 12.8 Å². The molecule has 2 aliphatic heterocycles. The predicted molar refractivity (Wildman–Crippen MR) is 391 cm³/mol. The number of nitrogens with one attached hydrogen (secondary N) is 1. The van der Waals surface area contributed by atoms with E-state index in [-0.39, 0.29) is 18.9 Å². The summed E-state index contributed by atoms with van der Waals surface area (Å²) in [5.74, 6) is -0.264. The van der Waals surface area contributed by atoms with Crippen molar-refractivity contribution in [2.75, 3.05) is 19.8 Å². The second-order valence-electron chi connectivity index (χ2n) is 26.0. The van der Waals surface area contributed by atoms with Crippen molar-refractivity contribution < 1.29 is 64.6 Å². The van der Waals surface area contributed by atoms with Crippen LogP contribution in [0, 0.1) is 0 Å². The first-order chi connectivity index (χ1) is 46.6. The van der Waals surface area contributed by atoms with Gasteiger partial charge in [0.1, 0.15) is 48.8 Å². The molecule has 0 aliphatic carbocycles. The van der Waals surface area contributed by atoms with Crippen molar-refractivity contribution in [3.05, 3.63) is 134 Å². The van der Waals surface area contributed by atoms with E-state index in [2.05, 4.69) is 141 Å². The first-order valence-corrected chi connectivity index (χ1v) is 37.9. The van der Waals surface area contributed by atoms with E-state index in [1.807, 2.05) is 6.08 Å². The van der Waals surface area contributed by atoms with Crippen LogP contribution in [-0.2, 0) is 23.7 Å². The second-order valence-corrected chi connectivity index (χ2v) is 26.0. The summed E-state index contributed by atoms with van der Waals surface area (Å²) >= 11 is 0. The Morgan fingerprint density at radius 2 is 0.737 bits per heavy atom. The van der Waals surface area contributed by atoms with Gasteiger partial charge in [-0.2, -0.15) is 0 Å². The fourth-order valence-corrected chi connectivity index (χ4v) is 11.6. The Morgan fingerprint density at radius 3 is 1.16 bits per heavy atom. The Morgan fingerprint density at radius 1 is 0.389 bits per heavy atom. The molecule has 14 heteroatoms. The smallest absolute Gasteiger partial charge is 0.220 e. The standard InChI is InChI=1S/C81H137NO13/c1-3-5-7-9-11-13-15-17-19-21-23-25-27-29-31-32-33-34-35-36-37-38-39-41-43-45-47-49-51-53-55-57-59-61-63-65-73(86)82-69(68-92-80-78(91)76(89)79(72(67-84)94-80)95-81-77(90)75(88)74(87)71(66-83)93-81)70(85)64-62-60-58-56-54-52-50-48-46-44-42-40-30-28-26-24-22-20-18-16-14-12-10-8-6-4-2/h5,7,11,13,17,19,23,25,29,31,33-34,36-37,39,41,45,47,54,56,62,64,69-72,74-81,83-85,87-91H,3-4,6,8-10,12,14-16,18,20-22,24,26-28,30,32,35,38,40,42-44,46,48-53,55,57-61,63,65-68H2,1-2H3,(H,82,86)/b7-5-,13-11-,19-17-,25-23-,31-29-,34-33-,37-36-,41-39-,47-45-,56-54+,64-62+. The molecule has 95 heavy (non-hydrogen) atoms. The van der Waals surface area contributed by atoms with E-state index in [1.165, 1.54) is 128 Å². The Labute approximate surface area is 577 Å². The van der Waals surface area contributed by atoms with Crippen LogP contribution in [-0.4, -0.2) is 140 Å². The molecule has 0 aromatic carbocycles. The minimum absolute atomic E-state index is 0.252. The van der Waals surface area contributed by atoms with Crippen LogP contribution in [0.15, 0.2) is 134 Å². The van der Waals surface area contributed by atoms with Crippen molar-refractivity contribution in [2.24, 2.45) is 0 Å². The van der Waals surface area contributed by atoms with E-state index in [0.717, 1.165) is 116 Å². The lowest BCUT2D eigenvalue weighted by molar-refractivity contribution is -0.359. The van der Waals surface area contributed by atoms with Crippen LogP contribution < -0.4 is 5.32 Å². The third-order valence-corrected chi connectivity index (χ3v) is 17.6. The maximum Gasteiger partial charge on any atom is 0.220 e. The summed E-state index contributed by atoms with van der Waals surface area (Å²) in [4.78, 5) is 13.4. The Hall–Kier alpha value is -3.87. The normalized spacial score (nSPS) is 23.1. The van der Waals surface area contributed by atoms with Crippen LogP contribution in [0.3, 0.4) is 0 Å². The highest BCUT2D eigenvalue weighted by atomic mass is 16.7. The quantitative estimate of drug-likeness (QED) is 0.0204. The van der Waals surface area contributed by atoms with Gasteiger partial charge in [-0.25, -0.2) is 0 Å². The maximum atomic E-state index is 13.4. The molecule has 0 spiro atoms. The third kappa shape index (κ3) is 46.9. The Bertz CT molecular complexity index is 2110. The number of ether oxygens (including phenoxy) is 4. The highest BCUT2D eigenvalue weighted by molar-refractivity contribution is 5.76. The van der Waals surface area contributed by atoms with Gasteiger partial charge in [0.15, 0.2) is 12.6 Å². The SMILES string of the molecule is CC/C=C\C/C=C\C/C=C\C/C=C\C/C=C\C/C=C\C/C=C\C/C=C\C/C=C\CCCCCCCCCC(=O)NC(COC1OC(CO)C(OC2OC(CO)C(O)C(O)C2O)C(O)C1O)C(O)/C=C/CC/C=C/CCCCCCCCCCCCCCCCCCCCCC. The summed E-state index contributed by atoms with van der Waals surface area (Å²) in [7, 11) is 0. The van der Waals surface area contributed by atoms with Gasteiger partial charge in [-0.15, -0.1) is 0 Å². The molecule has 0 bridgehead atoms. The van der Waals surface area contributed by atoms with E-state index in [9.17, 15) is 45.6 Å². The number of unbranched alkanes of at least 4 members (excludes halogenated alkanes) is 28. The number of carbonyl (C=O) groups excluding carboxylic acids is 1. The van der Waals surface area contributed by atoms with Crippen LogP contribution in [0.25, 0.3) is 0 Å². The number of rotatable bonds is 61. The topological polar surface area (TPSA) is 228 Å². The average molecular weight is 1330 g/mol. The zero-order valence-corrected chi connectivity index (χ0v) is 59.4. The van der Waals surface area contributed by atoms with Crippen molar-refractivity contribution in [2.45, 2.75) is 351 Å². The van der Waals surface area contributed by atoms with Gasteiger partial charge in [0.25, 0.3) is 0 Å². The van der Waals surface area contributed by atoms with E-state index >= 15 is 0 Å². The van der Waals surface area contributed by atoms with E-state index in [4.69, 9.17) is 18.9 Å². The first-order valence-electron chi connectivity index (χ1n) is 37.9. The van der Waals surface area contributed by atoms with Crippen LogP contribution in [0.5, 0.6) is 0 Å². The second kappa shape index (κ2) is 63.6. The third-order valence-electron chi connectivity index (χ3n) is 17.6. The number of aliphatic hydroxyl groups is 8. The molecule has 0 saturated carbocycles. The minimum Gasteiger partial charge on any atom is -0.394 e. The zero-order chi connectivity index (χ0) is 68.7. The van der Waals surface area contributed by atoms with Gasteiger partial charge < -0.3 is 65.1 Å². The molecule has 2 heterocycles. The minimum atomic E-state index is -1.80. The van der Waals surface area contributed by atoms with Crippen LogP contribution in [0.1, 0.15) is 277 Å². The molecule has 12 unspecified atom stereocenters. The Kier molecular flexibility index (Phi) is 58.4. The molecule has 1 amide bonds. The summed E-state index contributed by atoms with van der Waals surface area (Å²) < 4.78 is 22.9. The number of hydrogen-bond acceptors (Lipinski definition) is 13. The van der Waals surface area contributed by atoms with Gasteiger partial charge in [0, 0.05) is 6.42 Å². The van der Waals surface area contributed by atoms with Crippen LogP contribution in [0.4, 0.5) is 0 Å². The number of amides is 1. The van der Waals surface area contributed by atoms with Crippen molar-refractivity contribution in [1.29, 1.82) is 0 Å². The lowest BCUT2D eigenvalue weighted by Gasteiger charge is -2.46. The van der Waals surface area contributed by atoms with Crippen molar-refractivity contribution >= 4 is 5.91 Å². The molecule has 14 nitrogen and oxygen atoms in total. The van der Waals surface area contributed by atoms with Crippen molar-refractivity contribution in [3.63, 3.8) is 0 Å².